The van der Waals surface area contributed by atoms with E-state index in [1.165, 1.54) is 12.8 Å². The molecule has 2 unspecified atom stereocenters. The van der Waals surface area contributed by atoms with Crippen LogP contribution in [0.25, 0.3) is 0 Å². The summed E-state index contributed by atoms with van der Waals surface area (Å²) >= 11 is 4.28. The Labute approximate surface area is 89.2 Å². The molecule has 1 aliphatic carbocycles. The van der Waals surface area contributed by atoms with Crippen molar-refractivity contribution in [1.29, 1.82) is 0 Å². The molecule has 1 saturated carbocycles. The Morgan fingerprint density at radius 3 is 2.73 bits per heavy atom. The third-order valence-corrected chi connectivity index (χ3v) is 3.62. The zero-order valence-electron chi connectivity index (χ0n) is 7.61. The Morgan fingerprint density at radius 2 is 2.36 bits per heavy atom. The van der Waals surface area contributed by atoms with Crippen molar-refractivity contribution in [2.24, 2.45) is 0 Å². The molecule has 0 bridgehead atoms. The van der Waals surface area contributed by atoms with Gasteiger partial charge in [0.15, 0.2) is 0 Å². The maximum atomic E-state index is 11.5. The first-order valence-electron chi connectivity index (χ1n) is 4.33. The van der Waals surface area contributed by atoms with E-state index in [-0.39, 0.29) is 10.00 Å². The Balaban J connectivity index is 2.72. The Bertz CT molecular complexity index is 178. The molecule has 5 heteroatoms. The molecule has 1 N–H and O–H groups in total. The number of rotatable bonds is 1. The second kappa shape index (κ2) is 3.73. The summed E-state index contributed by atoms with van der Waals surface area (Å²) < 4.78 is 0.512. The predicted octanol–water partition coefficient (Wildman–Crippen LogP) is -1.15. The summed E-state index contributed by atoms with van der Waals surface area (Å²) in [7, 11) is 0.782. The summed E-state index contributed by atoms with van der Waals surface area (Å²) in [6.45, 7) is 0. The van der Waals surface area contributed by atoms with Gasteiger partial charge in [-0.2, -0.15) is 0 Å². The van der Waals surface area contributed by atoms with Crippen LogP contribution in [0.3, 0.4) is 0 Å². The van der Waals surface area contributed by atoms with Crippen molar-refractivity contribution >= 4 is 51.7 Å². The Morgan fingerprint density at radius 1 is 1.73 bits per heavy atom. The van der Waals surface area contributed by atoms with E-state index in [0.29, 0.717) is 4.59 Å². The number of carbonyl (C=O) groups is 1. The third kappa shape index (κ3) is 1.79. The fraction of sp³-hybridized carbons (Fsp3) is 0.833. The summed E-state index contributed by atoms with van der Waals surface area (Å²) in [6.07, 6.45) is 3.50. The van der Waals surface area contributed by atoms with Gasteiger partial charge in [-0.1, -0.05) is 0 Å². The van der Waals surface area contributed by atoms with Crippen LogP contribution in [-0.2, 0) is 4.79 Å². The van der Waals surface area contributed by atoms with Crippen LogP contribution in [0.5, 0.6) is 0 Å². The van der Waals surface area contributed by atoms with E-state index in [1.54, 1.807) is 0 Å². The molecule has 1 amide bonds. The van der Waals surface area contributed by atoms with Crippen LogP contribution in [0.1, 0.15) is 19.3 Å². The standard InChI is InChI=1S/C6H11NOSi.2Li/c8-6(7-9)5-3-1-2-4-5;;/h3H,1-2,4H2,9H3,(H,7,8);;. The van der Waals surface area contributed by atoms with Gasteiger partial charge in [-0.05, 0) is 0 Å². The van der Waals surface area contributed by atoms with Crippen LogP contribution in [0, 0.1) is 0 Å². The van der Waals surface area contributed by atoms with Crippen molar-refractivity contribution in [3.05, 3.63) is 0 Å². The molecule has 2 atom stereocenters. The van der Waals surface area contributed by atoms with Crippen LogP contribution in [-0.4, -0.2) is 51.7 Å². The van der Waals surface area contributed by atoms with E-state index >= 15 is 0 Å². The topological polar surface area (TPSA) is 29.1 Å². The maximum absolute atomic E-state index is 11.5. The Hall–Kier alpha value is 0.882. The molecule has 2 nitrogen and oxygen atoms in total. The van der Waals surface area contributed by atoms with Gasteiger partial charge < -0.3 is 0 Å². The fourth-order valence-corrected chi connectivity index (χ4v) is 2.53. The van der Waals surface area contributed by atoms with Crippen LogP contribution in [0.4, 0.5) is 0 Å². The minimum absolute atomic E-state index is 0.0538. The second-order valence-electron chi connectivity index (χ2n) is 3.79. The molecule has 0 aromatic heterocycles. The molecule has 52 valence electrons. The van der Waals surface area contributed by atoms with Gasteiger partial charge in [0.1, 0.15) is 0 Å². The van der Waals surface area contributed by atoms with E-state index in [1.807, 2.05) is 0 Å². The first-order valence-corrected chi connectivity index (χ1v) is 5.33. The van der Waals surface area contributed by atoms with Crippen LogP contribution in [0.15, 0.2) is 0 Å². The first kappa shape index (κ1) is 9.97. The normalized spacial score (nSPS) is 37.6. The zero-order valence-corrected chi connectivity index (χ0v) is 9.61. The van der Waals surface area contributed by atoms with Crippen LogP contribution in [0.2, 0.25) is 8.68 Å². The summed E-state index contributed by atoms with van der Waals surface area (Å²) in [5.41, 5.74) is 0. The van der Waals surface area contributed by atoms with Gasteiger partial charge in [0.2, 0.25) is 0 Å². The molecule has 0 aliphatic heterocycles. The van der Waals surface area contributed by atoms with E-state index < -0.39 is 0 Å². The number of nitrogens with one attached hydrogen (secondary N) is 1. The summed E-state index contributed by atoms with van der Waals surface area (Å²) in [4.78, 5) is 14.3. The number of hydrogen-bond donors (Lipinski definition) is 1. The monoisotopic (exact) mass is 155 g/mol. The van der Waals surface area contributed by atoms with Gasteiger partial charge in [0, 0.05) is 0 Å². The van der Waals surface area contributed by atoms with Crippen molar-refractivity contribution in [1.82, 2.24) is 4.98 Å². The zero-order chi connectivity index (χ0) is 8.48. The molecule has 1 aliphatic rings. The first-order chi connectivity index (χ1) is 5.11. The number of carbonyl (C=O) groups excluding carboxylic acids is 1. The third-order valence-electron chi connectivity index (χ3n) is 3.17. The molecule has 11 heavy (non-hydrogen) atoms. The fourth-order valence-electron chi connectivity index (χ4n) is 1.96. The van der Waals surface area contributed by atoms with Gasteiger partial charge in [0.05, 0.1) is 0 Å². The molecule has 0 aromatic carbocycles. The molecular weight excluding hydrogens is 144 g/mol. The summed E-state index contributed by atoms with van der Waals surface area (Å²) in [5, 5.41) is 0. The molecule has 0 saturated heterocycles. The number of hydrogen-bond acceptors (Lipinski definition) is 1. The van der Waals surface area contributed by atoms with E-state index in [2.05, 4.69) is 40.4 Å². The molecule has 1 fully saturated rings. The van der Waals surface area contributed by atoms with E-state index in [4.69, 9.17) is 0 Å². The SMILES string of the molecule is [Li][CH]1CCC[C]1([Li])C(=O)N[SiH3]. The van der Waals surface area contributed by atoms with Gasteiger partial charge in [-0.3, -0.25) is 0 Å². The average Bonchev–Trinajstić information content (AvgIpc) is 2.32. The minimum atomic E-state index is -0.0538. The van der Waals surface area contributed by atoms with E-state index in [0.717, 1.165) is 16.8 Å². The van der Waals surface area contributed by atoms with Crippen molar-refractivity contribution in [2.75, 3.05) is 0 Å². The molecule has 0 radical (unpaired) electrons. The van der Waals surface area contributed by atoms with Crippen molar-refractivity contribution in [3.8, 4) is 0 Å². The average molecular weight is 155 g/mol. The van der Waals surface area contributed by atoms with Crippen molar-refractivity contribution in [2.45, 2.75) is 27.9 Å². The van der Waals surface area contributed by atoms with Gasteiger partial charge >= 0.3 is 89.5 Å². The van der Waals surface area contributed by atoms with Gasteiger partial charge in [-0.15, -0.1) is 0 Å². The second-order valence-corrected chi connectivity index (χ2v) is 4.29. The van der Waals surface area contributed by atoms with Crippen molar-refractivity contribution < 1.29 is 4.79 Å². The van der Waals surface area contributed by atoms with Gasteiger partial charge in [0.25, 0.3) is 0 Å². The number of amides is 1. The summed E-state index contributed by atoms with van der Waals surface area (Å²) in [5.74, 6) is 0.272. The predicted molar refractivity (Wildman–Crippen MR) is 49.9 cm³/mol. The molecular formula is C6H11Li2NOSi. The van der Waals surface area contributed by atoms with Crippen LogP contribution >= 0.6 is 0 Å². The molecule has 0 spiro atoms. The van der Waals surface area contributed by atoms with E-state index in [9.17, 15) is 4.79 Å². The molecule has 1 rings (SSSR count). The molecule has 0 aromatic rings. The Kier molecular flexibility index (Phi) is 3.38. The van der Waals surface area contributed by atoms with Gasteiger partial charge in [-0.25, -0.2) is 0 Å². The van der Waals surface area contributed by atoms with Crippen LogP contribution < -0.4 is 4.98 Å². The summed E-state index contributed by atoms with van der Waals surface area (Å²) in [6, 6.07) is 0. The molecule has 0 heterocycles. The van der Waals surface area contributed by atoms with Crippen molar-refractivity contribution in [3.63, 3.8) is 0 Å². The quantitative estimate of drug-likeness (QED) is 0.476.